The van der Waals surface area contributed by atoms with Crippen LogP contribution in [0.25, 0.3) is 0 Å². The number of nitrogens with zero attached hydrogens (tertiary/aromatic N) is 1. The van der Waals surface area contributed by atoms with Gasteiger partial charge in [-0.15, -0.1) is 11.8 Å². The summed E-state index contributed by atoms with van der Waals surface area (Å²) in [7, 11) is 0. The summed E-state index contributed by atoms with van der Waals surface area (Å²) in [6.45, 7) is 1.74. The topological polar surface area (TPSA) is 101 Å². The molecule has 2 amide bonds. The van der Waals surface area contributed by atoms with Crippen molar-refractivity contribution in [3.8, 4) is 0 Å². The van der Waals surface area contributed by atoms with Crippen molar-refractivity contribution >= 4 is 35.0 Å². The van der Waals surface area contributed by atoms with Crippen molar-refractivity contribution < 1.29 is 14.5 Å². The molecule has 3 rings (SSSR count). The Balaban J connectivity index is 1.64. The number of benzene rings is 2. The molecule has 2 aromatic rings. The van der Waals surface area contributed by atoms with Crippen LogP contribution in [0.4, 0.5) is 11.4 Å². The Morgan fingerprint density at radius 2 is 1.81 bits per heavy atom. The molecule has 1 fully saturated rings. The summed E-state index contributed by atoms with van der Waals surface area (Å²) >= 11 is 1.29. The number of non-ortho nitro benzene ring substituents is 1. The first kappa shape index (κ1) is 18.9. The smallest absolute Gasteiger partial charge is 0.269 e. The van der Waals surface area contributed by atoms with Crippen molar-refractivity contribution in [1.29, 1.82) is 0 Å². The molecule has 0 saturated heterocycles. The third kappa shape index (κ3) is 5.07. The van der Waals surface area contributed by atoms with Crippen LogP contribution in [0.5, 0.6) is 0 Å². The van der Waals surface area contributed by atoms with Gasteiger partial charge in [0.05, 0.1) is 21.4 Å². The number of anilines is 1. The second-order valence-corrected chi connectivity index (χ2v) is 7.71. The highest BCUT2D eigenvalue weighted by atomic mass is 32.2. The van der Waals surface area contributed by atoms with Gasteiger partial charge in [-0.2, -0.15) is 0 Å². The molecule has 0 aliphatic heterocycles. The van der Waals surface area contributed by atoms with E-state index < -0.39 is 10.2 Å². The van der Waals surface area contributed by atoms with Crippen LogP contribution >= 0.6 is 11.8 Å². The van der Waals surface area contributed by atoms with E-state index in [0.717, 1.165) is 17.7 Å². The highest BCUT2D eigenvalue weighted by molar-refractivity contribution is 8.00. The lowest BCUT2D eigenvalue weighted by Gasteiger charge is -2.14. The van der Waals surface area contributed by atoms with Crippen molar-refractivity contribution in [2.75, 3.05) is 5.32 Å². The highest BCUT2D eigenvalue weighted by Gasteiger charge is 2.25. The van der Waals surface area contributed by atoms with E-state index in [1.807, 2.05) is 0 Å². The number of nitrogens with one attached hydrogen (secondary N) is 2. The van der Waals surface area contributed by atoms with Gasteiger partial charge in [0, 0.05) is 23.1 Å². The van der Waals surface area contributed by atoms with Gasteiger partial charge in [0.25, 0.3) is 11.6 Å². The van der Waals surface area contributed by atoms with E-state index in [2.05, 4.69) is 10.6 Å². The van der Waals surface area contributed by atoms with E-state index in [4.69, 9.17) is 0 Å². The molecule has 0 bridgehead atoms. The van der Waals surface area contributed by atoms with Gasteiger partial charge < -0.3 is 10.6 Å². The maximum Gasteiger partial charge on any atom is 0.269 e. The third-order valence-corrected chi connectivity index (χ3v) is 5.18. The monoisotopic (exact) mass is 385 g/mol. The Hall–Kier alpha value is -2.87. The number of amides is 2. The number of hydrogen-bond acceptors (Lipinski definition) is 5. The zero-order chi connectivity index (χ0) is 19.4. The van der Waals surface area contributed by atoms with E-state index in [0.29, 0.717) is 11.3 Å². The molecule has 0 aromatic heterocycles. The molecule has 2 aromatic carbocycles. The van der Waals surface area contributed by atoms with Crippen LogP contribution in [-0.4, -0.2) is 28.0 Å². The molecule has 8 heteroatoms. The molecule has 1 aliphatic rings. The summed E-state index contributed by atoms with van der Waals surface area (Å²) in [6, 6.07) is 13.2. The van der Waals surface area contributed by atoms with Crippen LogP contribution in [0.15, 0.2) is 53.4 Å². The van der Waals surface area contributed by atoms with Crippen molar-refractivity contribution in [1.82, 2.24) is 5.32 Å². The Morgan fingerprint density at radius 3 is 2.44 bits per heavy atom. The van der Waals surface area contributed by atoms with Crippen LogP contribution < -0.4 is 10.6 Å². The standard InChI is InChI=1S/C19H19N3O4S/c1-12(27-15-10-8-14(9-11-15)22(25)26)18(23)21-17-5-3-2-4-16(17)19(24)20-13-6-7-13/h2-5,8-13H,6-7H2,1H3,(H,20,24)(H,21,23). The minimum atomic E-state index is -0.464. The minimum Gasteiger partial charge on any atom is -0.349 e. The summed E-state index contributed by atoms with van der Waals surface area (Å²) in [5.41, 5.74) is 0.911. The summed E-state index contributed by atoms with van der Waals surface area (Å²) < 4.78 is 0. The lowest BCUT2D eigenvalue weighted by atomic mass is 10.1. The molecule has 2 N–H and O–H groups in total. The first-order valence-electron chi connectivity index (χ1n) is 8.56. The molecule has 1 saturated carbocycles. The number of carbonyl (C=O) groups is 2. The van der Waals surface area contributed by atoms with E-state index in [-0.39, 0.29) is 23.5 Å². The fourth-order valence-electron chi connectivity index (χ4n) is 2.42. The van der Waals surface area contributed by atoms with Gasteiger partial charge >= 0.3 is 0 Å². The molecule has 1 atom stereocenters. The molecule has 0 radical (unpaired) electrons. The number of para-hydroxylation sites is 1. The molecule has 0 heterocycles. The SMILES string of the molecule is CC(Sc1ccc([N+](=O)[O-])cc1)C(=O)Nc1ccccc1C(=O)NC1CC1. The first-order valence-corrected chi connectivity index (χ1v) is 9.44. The second kappa shape index (κ2) is 8.22. The van der Waals surface area contributed by atoms with Crippen molar-refractivity contribution in [3.05, 3.63) is 64.2 Å². The van der Waals surface area contributed by atoms with E-state index in [9.17, 15) is 19.7 Å². The van der Waals surface area contributed by atoms with Crippen molar-refractivity contribution in [3.63, 3.8) is 0 Å². The van der Waals surface area contributed by atoms with Gasteiger partial charge in [-0.25, -0.2) is 0 Å². The number of nitro benzene ring substituents is 1. The summed E-state index contributed by atoms with van der Waals surface area (Å²) in [5, 5.41) is 16.0. The molecule has 7 nitrogen and oxygen atoms in total. The number of nitro groups is 1. The summed E-state index contributed by atoms with van der Waals surface area (Å²) in [6.07, 6.45) is 1.98. The van der Waals surface area contributed by atoms with Crippen molar-refractivity contribution in [2.24, 2.45) is 0 Å². The molecule has 0 spiro atoms. The zero-order valence-corrected chi connectivity index (χ0v) is 15.5. The van der Waals surface area contributed by atoms with Gasteiger partial charge in [0.15, 0.2) is 0 Å². The van der Waals surface area contributed by atoms with Crippen LogP contribution in [0.2, 0.25) is 0 Å². The number of thioether (sulfide) groups is 1. The van der Waals surface area contributed by atoms with Crippen LogP contribution in [-0.2, 0) is 4.79 Å². The summed E-state index contributed by atoms with van der Waals surface area (Å²) in [5.74, 6) is -0.436. The maximum absolute atomic E-state index is 12.5. The largest absolute Gasteiger partial charge is 0.349 e. The quantitative estimate of drug-likeness (QED) is 0.431. The average molecular weight is 385 g/mol. The molecular formula is C19H19N3O4S. The number of rotatable bonds is 7. The molecular weight excluding hydrogens is 366 g/mol. The lowest BCUT2D eigenvalue weighted by molar-refractivity contribution is -0.384. The fraction of sp³-hybridized carbons (Fsp3) is 0.263. The zero-order valence-electron chi connectivity index (χ0n) is 14.7. The van der Waals surface area contributed by atoms with Gasteiger partial charge in [-0.3, -0.25) is 19.7 Å². The second-order valence-electron chi connectivity index (χ2n) is 6.29. The number of carbonyl (C=O) groups excluding carboxylic acids is 2. The summed E-state index contributed by atoms with van der Waals surface area (Å²) in [4.78, 5) is 35.8. The van der Waals surface area contributed by atoms with E-state index in [1.165, 1.54) is 23.9 Å². The minimum absolute atomic E-state index is 0.00653. The lowest BCUT2D eigenvalue weighted by Crippen LogP contribution is -2.28. The highest BCUT2D eigenvalue weighted by Crippen LogP contribution is 2.27. The molecule has 1 aliphatic carbocycles. The van der Waals surface area contributed by atoms with E-state index in [1.54, 1.807) is 43.3 Å². The average Bonchev–Trinajstić information content (AvgIpc) is 3.46. The predicted molar refractivity (Wildman–Crippen MR) is 104 cm³/mol. The van der Waals surface area contributed by atoms with Crippen LogP contribution in [0, 0.1) is 10.1 Å². The Bertz CT molecular complexity index is 866. The van der Waals surface area contributed by atoms with Gasteiger partial charge in [-0.05, 0) is 44.0 Å². The Kier molecular flexibility index (Phi) is 5.75. The Labute approximate surface area is 160 Å². The maximum atomic E-state index is 12.5. The Morgan fingerprint density at radius 1 is 1.15 bits per heavy atom. The van der Waals surface area contributed by atoms with Crippen molar-refractivity contribution in [2.45, 2.75) is 36.0 Å². The van der Waals surface area contributed by atoms with Crippen LogP contribution in [0.3, 0.4) is 0 Å². The fourth-order valence-corrected chi connectivity index (χ4v) is 3.29. The van der Waals surface area contributed by atoms with E-state index >= 15 is 0 Å². The molecule has 140 valence electrons. The van der Waals surface area contributed by atoms with Crippen LogP contribution in [0.1, 0.15) is 30.1 Å². The molecule has 1 unspecified atom stereocenters. The van der Waals surface area contributed by atoms with Gasteiger partial charge in [0.2, 0.25) is 5.91 Å². The molecule has 27 heavy (non-hydrogen) atoms. The van der Waals surface area contributed by atoms with Gasteiger partial charge in [-0.1, -0.05) is 12.1 Å². The predicted octanol–water partition coefficient (Wildman–Crippen LogP) is 3.61. The normalized spacial score (nSPS) is 14.3. The number of hydrogen-bond donors (Lipinski definition) is 2. The first-order chi connectivity index (χ1) is 12.9. The van der Waals surface area contributed by atoms with Gasteiger partial charge in [0.1, 0.15) is 0 Å². The third-order valence-electron chi connectivity index (χ3n) is 4.07.